The molecule has 0 bridgehead atoms. The molecule has 0 aromatic rings. The molecule has 28 valence electrons. The lowest BCUT2D eigenvalue weighted by molar-refractivity contribution is 0.168. The van der Waals surface area contributed by atoms with Crippen molar-refractivity contribution in [2.45, 2.75) is 0 Å². The number of aliphatic hydroxyl groups is 1. The molecule has 4 heavy (non-hydrogen) atoms. The molecule has 0 saturated heterocycles. The molecule has 0 amide bonds. The normalized spacial score (nSPS) is 4.50. The Hall–Kier alpha value is 0.180. The highest BCUT2D eigenvalue weighted by molar-refractivity contribution is 5.85. The average molecular weight is 86.5 g/mol. The van der Waals surface area contributed by atoms with E-state index < -0.39 is 6.86 Å². The number of alkyl halides is 1. The Morgan fingerprint density at radius 2 is 1.75 bits per heavy atom. The minimum absolute atomic E-state index is 0. The first-order valence-electron chi connectivity index (χ1n) is 0.583. The van der Waals surface area contributed by atoms with Gasteiger partial charge in [-0.05, 0) is 0 Å². The van der Waals surface area contributed by atoms with Crippen LogP contribution in [0.1, 0.15) is 0 Å². The molecule has 0 aliphatic rings. The van der Waals surface area contributed by atoms with Crippen LogP contribution >= 0.6 is 12.4 Å². The Morgan fingerprint density at radius 1 is 1.75 bits per heavy atom. The van der Waals surface area contributed by atoms with Gasteiger partial charge in [0.15, 0.2) is 6.86 Å². The van der Waals surface area contributed by atoms with Crippen LogP contribution in [0.4, 0.5) is 4.39 Å². The first kappa shape index (κ1) is 8.89. The quantitative estimate of drug-likeness (QED) is 0.450. The lowest BCUT2D eigenvalue weighted by Gasteiger charge is -1.49. The van der Waals surface area contributed by atoms with Crippen LogP contribution in [0.25, 0.3) is 0 Å². The van der Waals surface area contributed by atoms with Gasteiger partial charge in [0.05, 0.1) is 0 Å². The molecule has 0 rings (SSSR count). The van der Waals surface area contributed by atoms with Gasteiger partial charge >= 0.3 is 0 Å². The summed E-state index contributed by atoms with van der Waals surface area (Å²) in [5.74, 6) is 0. The van der Waals surface area contributed by atoms with Crippen molar-refractivity contribution in [2.24, 2.45) is 0 Å². The SMILES string of the molecule is Cl.OCF. The molecule has 0 unspecified atom stereocenters. The van der Waals surface area contributed by atoms with E-state index in [1.165, 1.54) is 0 Å². The number of hydrogen-bond acceptors (Lipinski definition) is 1. The third kappa shape index (κ3) is 93.7. The van der Waals surface area contributed by atoms with E-state index in [4.69, 9.17) is 5.11 Å². The number of aliphatic hydroxyl groups excluding tert-OH is 1. The molecule has 0 radical (unpaired) electrons. The number of halogens is 2. The van der Waals surface area contributed by atoms with Gasteiger partial charge in [-0.2, -0.15) is 0 Å². The van der Waals surface area contributed by atoms with Crippen LogP contribution in [0.5, 0.6) is 0 Å². The molecule has 3 heteroatoms. The molecule has 0 aromatic carbocycles. The van der Waals surface area contributed by atoms with E-state index in [1.54, 1.807) is 0 Å². The monoisotopic (exact) mass is 86.0 g/mol. The molecule has 0 aliphatic heterocycles. The summed E-state index contributed by atoms with van der Waals surface area (Å²) in [7, 11) is 0. The second-order valence-electron chi connectivity index (χ2n) is 0.120. The maximum atomic E-state index is 9.85. The van der Waals surface area contributed by atoms with Gasteiger partial charge in [0.1, 0.15) is 0 Å². The van der Waals surface area contributed by atoms with E-state index in [9.17, 15) is 4.39 Å². The Balaban J connectivity index is 0. The van der Waals surface area contributed by atoms with Gasteiger partial charge in [-0.1, -0.05) is 0 Å². The van der Waals surface area contributed by atoms with Crippen molar-refractivity contribution in [1.82, 2.24) is 0 Å². The van der Waals surface area contributed by atoms with E-state index in [0.717, 1.165) is 0 Å². The summed E-state index contributed by atoms with van der Waals surface area (Å²) < 4.78 is 9.85. The smallest absolute Gasteiger partial charge is 0.185 e. The fraction of sp³-hybridized carbons (Fsp3) is 1.00. The number of hydrogen-bond donors (Lipinski definition) is 1. The van der Waals surface area contributed by atoms with Gasteiger partial charge in [-0.15, -0.1) is 12.4 Å². The van der Waals surface area contributed by atoms with Gasteiger partial charge < -0.3 is 5.11 Å². The molecule has 1 N–H and O–H groups in total. The Labute approximate surface area is 29.9 Å². The van der Waals surface area contributed by atoms with Crippen molar-refractivity contribution in [3.63, 3.8) is 0 Å². The molecular formula is CH4ClFO. The van der Waals surface area contributed by atoms with Crippen molar-refractivity contribution in [3.05, 3.63) is 0 Å². The maximum Gasteiger partial charge on any atom is 0.185 e. The first-order valence-corrected chi connectivity index (χ1v) is 0.583. The molecule has 1 nitrogen and oxygen atoms in total. The van der Waals surface area contributed by atoms with E-state index in [2.05, 4.69) is 0 Å². The van der Waals surface area contributed by atoms with Gasteiger partial charge in [-0.25, -0.2) is 4.39 Å². The summed E-state index contributed by atoms with van der Waals surface area (Å²) in [5, 5.41) is 6.90. The van der Waals surface area contributed by atoms with Crippen LogP contribution in [-0.4, -0.2) is 12.0 Å². The Bertz CT molecular complexity index is 8.00. The maximum absolute atomic E-state index is 9.85. The van der Waals surface area contributed by atoms with E-state index in [1.807, 2.05) is 0 Å². The summed E-state index contributed by atoms with van der Waals surface area (Å²) >= 11 is 0. The summed E-state index contributed by atoms with van der Waals surface area (Å²) in [6.07, 6.45) is 0. The van der Waals surface area contributed by atoms with Crippen LogP contribution < -0.4 is 0 Å². The third-order valence-electron chi connectivity index (χ3n) is 0. The summed E-state index contributed by atoms with van der Waals surface area (Å²) in [6, 6.07) is 0. The highest BCUT2D eigenvalue weighted by atomic mass is 35.5. The third-order valence-corrected chi connectivity index (χ3v) is 0. The van der Waals surface area contributed by atoms with Crippen molar-refractivity contribution >= 4 is 12.4 Å². The molecule has 0 fully saturated rings. The minimum Gasteiger partial charge on any atom is -0.366 e. The minimum atomic E-state index is -1.25. The molecule has 0 spiro atoms. The molecule has 0 heterocycles. The first-order chi connectivity index (χ1) is 1.41. The zero-order valence-electron chi connectivity index (χ0n) is 1.94. The van der Waals surface area contributed by atoms with E-state index in [-0.39, 0.29) is 12.4 Å². The lowest BCUT2D eigenvalue weighted by atomic mass is 11.6. The zero-order valence-corrected chi connectivity index (χ0v) is 2.76. The molecule has 0 aliphatic carbocycles. The zero-order chi connectivity index (χ0) is 2.71. The van der Waals surface area contributed by atoms with Crippen LogP contribution in [-0.2, 0) is 0 Å². The molecule has 0 atom stereocenters. The highest BCUT2D eigenvalue weighted by Gasteiger charge is 1.38. The standard InChI is InChI=1S/CH3FO.ClH/c2-1-3;/h3H,1H2;1H. The van der Waals surface area contributed by atoms with Crippen LogP contribution in [0.15, 0.2) is 0 Å². The Kier molecular flexibility index (Phi) is 24.1. The van der Waals surface area contributed by atoms with Crippen molar-refractivity contribution in [1.29, 1.82) is 0 Å². The topological polar surface area (TPSA) is 20.2 Å². The average Bonchev–Trinajstić information content (AvgIpc) is 0.918. The predicted octanol–water partition coefficient (Wildman–Crippen LogP) is 0.328. The molecular weight excluding hydrogens is 82.5 g/mol. The second kappa shape index (κ2) is 10.9. The van der Waals surface area contributed by atoms with E-state index in [0.29, 0.717) is 0 Å². The fourth-order valence-corrected chi connectivity index (χ4v) is 0. The summed E-state index contributed by atoms with van der Waals surface area (Å²) in [5.41, 5.74) is 0. The lowest BCUT2D eigenvalue weighted by Crippen LogP contribution is -1.53. The molecule has 0 aromatic heterocycles. The largest absolute Gasteiger partial charge is 0.366 e. The van der Waals surface area contributed by atoms with Gasteiger partial charge in [0.2, 0.25) is 0 Å². The van der Waals surface area contributed by atoms with Crippen LogP contribution in [0.3, 0.4) is 0 Å². The van der Waals surface area contributed by atoms with Crippen molar-refractivity contribution < 1.29 is 9.50 Å². The highest BCUT2D eigenvalue weighted by Crippen LogP contribution is 1.40. The fourth-order valence-electron chi connectivity index (χ4n) is 0. The number of rotatable bonds is 0. The Morgan fingerprint density at radius 3 is 1.75 bits per heavy atom. The summed E-state index contributed by atoms with van der Waals surface area (Å²) in [6.45, 7) is -1.25. The van der Waals surface area contributed by atoms with Gasteiger partial charge in [-0.3, -0.25) is 0 Å². The van der Waals surface area contributed by atoms with Crippen LogP contribution in [0, 0.1) is 0 Å². The van der Waals surface area contributed by atoms with Crippen molar-refractivity contribution in [2.75, 3.05) is 6.86 Å². The molecule has 0 saturated carbocycles. The van der Waals surface area contributed by atoms with Crippen molar-refractivity contribution in [3.8, 4) is 0 Å². The van der Waals surface area contributed by atoms with Gasteiger partial charge in [0.25, 0.3) is 0 Å². The summed E-state index contributed by atoms with van der Waals surface area (Å²) in [4.78, 5) is 0. The van der Waals surface area contributed by atoms with Crippen LogP contribution in [0.2, 0.25) is 0 Å². The van der Waals surface area contributed by atoms with Gasteiger partial charge in [0, 0.05) is 0 Å². The van der Waals surface area contributed by atoms with E-state index >= 15 is 0 Å². The predicted molar refractivity (Wildman–Crippen MR) is 15.4 cm³/mol. The second-order valence-corrected chi connectivity index (χ2v) is 0.120.